The number of aryl methyl sites for hydroxylation is 1. The summed E-state index contributed by atoms with van der Waals surface area (Å²) in [5.74, 6) is -0.837. The summed E-state index contributed by atoms with van der Waals surface area (Å²) in [6.45, 7) is 4.16. The predicted octanol–water partition coefficient (Wildman–Crippen LogP) is 4.86. The Labute approximate surface area is 243 Å². The van der Waals surface area contributed by atoms with Crippen LogP contribution in [0.15, 0.2) is 94.3 Å². The van der Waals surface area contributed by atoms with Crippen molar-refractivity contribution in [3.8, 4) is 0 Å². The van der Waals surface area contributed by atoms with Crippen LogP contribution >= 0.6 is 15.9 Å². The van der Waals surface area contributed by atoms with Gasteiger partial charge in [-0.15, -0.1) is 0 Å². The van der Waals surface area contributed by atoms with Crippen molar-refractivity contribution in [3.63, 3.8) is 0 Å². The maximum atomic E-state index is 14.2. The number of benzene rings is 3. The molecule has 3 aromatic rings. The van der Waals surface area contributed by atoms with Crippen LogP contribution in [-0.4, -0.2) is 60.4 Å². The van der Waals surface area contributed by atoms with Gasteiger partial charge in [-0.25, -0.2) is 13.2 Å². The van der Waals surface area contributed by atoms with Crippen LogP contribution in [0.2, 0.25) is 0 Å². The van der Waals surface area contributed by atoms with Gasteiger partial charge >= 0.3 is 5.97 Å². The molecule has 0 unspecified atom stereocenters. The molecule has 40 heavy (non-hydrogen) atoms. The molecular weight excluding hydrogens is 594 g/mol. The number of esters is 1. The summed E-state index contributed by atoms with van der Waals surface area (Å²) in [6, 6.07) is 20.6. The molecule has 1 amide bonds. The number of hydrogen-bond donors (Lipinski definition) is 0. The molecule has 0 aromatic heterocycles. The van der Waals surface area contributed by atoms with Crippen LogP contribution in [0, 0.1) is 6.92 Å². The van der Waals surface area contributed by atoms with E-state index in [4.69, 9.17) is 4.74 Å². The van der Waals surface area contributed by atoms with E-state index in [1.807, 2.05) is 36.2 Å². The van der Waals surface area contributed by atoms with Gasteiger partial charge in [0.25, 0.3) is 5.91 Å². The molecule has 10 heteroatoms. The van der Waals surface area contributed by atoms with Gasteiger partial charge < -0.3 is 4.74 Å². The lowest BCUT2D eigenvalue weighted by Crippen LogP contribution is -2.66. The third-order valence-corrected chi connectivity index (χ3v) is 9.43. The summed E-state index contributed by atoms with van der Waals surface area (Å²) in [4.78, 5) is 26.5. The van der Waals surface area contributed by atoms with Crippen LogP contribution in [-0.2, 0) is 26.0 Å². The molecule has 208 valence electrons. The molecule has 2 heterocycles. The SMILES string of the molecule is CCOC(=O)/C=C/[C@@H]1CN(S(=O)(=O)c2ccc(C)cc2)[C@@H]2c3ccc(Br)cc3CCN2N1C(=O)c1ccccc1. The summed E-state index contributed by atoms with van der Waals surface area (Å²) in [6.07, 6.45) is 2.68. The Kier molecular flexibility index (Phi) is 8.23. The van der Waals surface area contributed by atoms with E-state index in [1.54, 1.807) is 66.5 Å². The molecule has 2 aliphatic heterocycles. The van der Waals surface area contributed by atoms with Gasteiger partial charge in [0.2, 0.25) is 10.0 Å². The van der Waals surface area contributed by atoms with Crippen LogP contribution in [0.3, 0.4) is 0 Å². The molecule has 1 fully saturated rings. The fourth-order valence-electron chi connectivity index (χ4n) is 5.22. The van der Waals surface area contributed by atoms with Crippen molar-refractivity contribution >= 4 is 37.8 Å². The van der Waals surface area contributed by atoms with Gasteiger partial charge in [0.1, 0.15) is 6.17 Å². The van der Waals surface area contributed by atoms with Gasteiger partial charge in [-0.2, -0.15) is 9.31 Å². The molecule has 8 nitrogen and oxygen atoms in total. The van der Waals surface area contributed by atoms with Crippen molar-refractivity contribution < 1.29 is 22.7 Å². The second-order valence-electron chi connectivity index (χ2n) is 9.71. The molecule has 2 atom stereocenters. The number of fused-ring (bicyclic) bond motifs is 3. The number of carbonyl (C=O) groups excluding carboxylic acids is 2. The summed E-state index contributed by atoms with van der Waals surface area (Å²) in [7, 11) is -4.01. The Morgan fingerprint density at radius 1 is 1.05 bits per heavy atom. The zero-order valence-corrected chi connectivity index (χ0v) is 24.6. The van der Waals surface area contributed by atoms with Crippen molar-refractivity contribution in [1.29, 1.82) is 0 Å². The van der Waals surface area contributed by atoms with Gasteiger partial charge in [0, 0.05) is 29.2 Å². The van der Waals surface area contributed by atoms with Crippen molar-refractivity contribution in [2.45, 2.75) is 37.4 Å². The van der Waals surface area contributed by atoms with Crippen molar-refractivity contribution in [1.82, 2.24) is 14.3 Å². The third kappa shape index (κ3) is 5.49. The van der Waals surface area contributed by atoms with Crippen molar-refractivity contribution in [2.24, 2.45) is 0 Å². The normalized spacial score (nSPS) is 19.7. The Balaban J connectivity index is 1.66. The molecule has 1 saturated heterocycles. The number of amides is 1. The number of hydrogen-bond acceptors (Lipinski definition) is 6. The van der Waals surface area contributed by atoms with E-state index in [0.717, 1.165) is 21.2 Å². The van der Waals surface area contributed by atoms with Crippen LogP contribution < -0.4 is 0 Å². The quantitative estimate of drug-likeness (QED) is 0.288. The lowest BCUT2D eigenvalue weighted by atomic mass is 9.96. The standard InChI is InChI=1S/C30H30BrN3O5S/c1-3-39-28(35)16-12-25-20-33(40(37,38)26-13-9-21(2)10-14-26)29-27-15-11-24(31)19-23(27)17-18-32(29)34(25)30(36)22-7-5-4-6-8-22/h4-16,19,25,29H,3,17-18,20H2,1-2H3/b16-12+/t25-,29-/m1/s1. The predicted molar refractivity (Wildman–Crippen MR) is 155 cm³/mol. The molecule has 5 rings (SSSR count). The highest BCUT2D eigenvalue weighted by Gasteiger charge is 2.49. The minimum absolute atomic E-state index is 0.0542. The van der Waals surface area contributed by atoms with Gasteiger partial charge in [0.05, 0.1) is 17.5 Å². The lowest BCUT2D eigenvalue weighted by molar-refractivity contribution is -0.137. The summed E-state index contributed by atoms with van der Waals surface area (Å²) in [5, 5.41) is 3.42. The zero-order valence-electron chi connectivity index (χ0n) is 22.2. The van der Waals surface area contributed by atoms with E-state index in [9.17, 15) is 18.0 Å². The summed E-state index contributed by atoms with van der Waals surface area (Å²) >= 11 is 3.54. The number of halogens is 1. The number of ether oxygens (including phenoxy) is 1. The first-order chi connectivity index (χ1) is 19.2. The van der Waals surface area contributed by atoms with E-state index in [-0.39, 0.29) is 24.0 Å². The number of rotatable bonds is 6. The molecule has 0 radical (unpaired) electrons. The van der Waals surface area contributed by atoms with Gasteiger partial charge in [-0.05, 0) is 67.8 Å². The highest BCUT2D eigenvalue weighted by Crippen LogP contribution is 2.42. The molecule has 0 saturated carbocycles. The minimum atomic E-state index is -4.01. The smallest absolute Gasteiger partial charge is 0.330 e. The molecule has 0 spiro atoms. The van der Waals surface area contributed by atoms with Crippen LogP contribution in [0.25, 0.3) is 0 Å². The Hall–Kier alpha value is -3.31. The van der Waals surface area contributed by atoms with Gasteiger partial charge in [-0.1, -0.05) is 64.0 Å². The fraction of sp³-hybridized carbons (Fsp3) is 0.267. The second-order valence-corrected chi connectivity index (χ2v) is 12.5. The molecule has 3 aromatic carbocycles. The Morgan fingerprint density at radius 2 is 1.77 bits per heavy atom. The van der Waals surface area contributed by atoms with E-state index in [2.05, 4.69) is 15.9 Å². The van der Waals surface area contributed by atoms with E-state index in [0.29, 0.717) is 18.5 Å². The first-order valence-corrected chi connectivity index (χ1v) is 15.3. The van der Waals surface area contributed by atoms with Gasteiger partial charge in [-0.3, -0.25) is 9.80 Å². The average molecular weight is 625 g/mol. The monoisotopic (exact) mass is 623 g/mol. The Morgan fingerprint density at radius 3 is 2.48 bits per heavy atom. The largest absolute Gasteiger partial charge is 0.463 e. The summed E-state index contributed by atoms with van der Waals surface area (Å²) < 4.78 is 35.9. The number of sulfonamides is 1. The van der Waals surface area contributed by atoms with E-state index >= 15 is 0 Å². The molecule has 0 aliphatic carbocycles. The van der Waals surface area contributed by atoms with Crippen molar-refractivity contribution in [3.05, 3.63) is 112 Å². The molecular formula is C30H30BrN3O5S. The lowest BCUT2D eigenvalue weighted by Gasteiger charge is -2.54. The van der Waals surface area contributed by atoms with E-state index in [1.165, 1.54) is 10.4 Å². The third-order valence-electron chi connectivity index (χ3n) is 7.10. The topological polar surface area (TPSA) is 87.2 Å². The number of nitrogens with zero attached hydrogens (tertiary/aromatic N) is 3. The van der Waals surface area contributed by atoms with Gasteiger partial charge in [0.15, 0.2) is 0 Å². The number of hydrazine groups is 1. The fourth-order valence-corrected chi connectivity index (χ4v) is 7.21. The van der Waals surface area contributed by atoms with Crippen LogP contribution in [0.5, 0.6) is 0 Å². The average Bonchev–Trinajstić information content (AvgIpc) is 2.95. The minimum Gasteiger partial charge on any atom is -0.463 e. The first kappa shape index (κ1) is 28.2. The maximum Gasteiger partial charge on any atom is 0.330 e. The number of carbonyl (C=O) groups is 2. The van der Waals surface area contributed by atoms with Crippen molar-refractivity contribution in [2.75, 3.05) is 19.7 Å². The zero-order chi connectivity index (χ0) is 28.4. The highest BCUT2D eigenvalue weighted by molar-refractivity contribution is 9.10. The maximum absolute atomic E-state index is 14.2. The first-order valence-electron chi connectivity index (χ1n) is 13.1. The second kappa shape index (κ2) is 11.7. The molecule has 0 bridgehead atoms. The summed E-state index contributed by atoms with van der Waals surface area (Å²) in [5.41, 5.74) is 3.23. The van der Waals surface area contributed by atoms with Crippen LogP contribution in [0.1, 0.15) is 40.1 Å². The van der Waals surface area contributed by atoms with Crippen LogP contribution in [0.4, 0.5) is 0 Å². The molecule has 0 N–H and O–H groups in total. The molecule has 2 aliphatic rings. The van der Waals surface area contributed by atoms with E-state index < -0.39 is 28.2 Å². The highest BCUT2D eigenvalue weighted by atomic mass is 79.9. The Bertz CT molecular complexity index is 1540.